The Morgan fingerprint density at radius 3 is 3.06 bits per heavy atom. The Morgan fingerprint density at radius 2 is 2.38 bits per heavy atom. The molecule has 0 spiro atoms. The zero-order valence-electron chi connectivity index (χ0n) is 9.78. The first-order chi connectivity index (χ1) is 7.74. The fourth-order valence-electron chi connectivity index (χ4n) is 1.65. The summed E-state index contributed by atoms with van der Waals surface area (Å²) in [5.41, 5.74) is 1.26. The third-order valence-corrected chi connectivity index (χ3v) is 2.44. The first-order valence-electron chi connectivity index (χ1n) is 5.80. The van der Waals surface area contributed by atoms with Crippen LogP contribution < -0.4 is 5.32 Å². The van der Waals surface area contributed by atoms with Crippen LogP contribution in [0.25, 0.3) is 0 Å². The Labute approximate surface area is 96.3 Å². The van der Waals surface area contributed by atoms with Crippen molar-refractivity contribution in [3.63, 3.8) is 0 Å². The quantitative estimate of drug-likeness (QED) is 0.663. The summed E-state index contributed by atoms with van der Waals surface area (Å²) in [6.07, 6.45) is 4.13. The van der Waals surface area contributed by atoms with Crippen molar-refractivity contribution < 1.29 is 9.90 Å². The van der Waals surface area contributed by atoms with E-state index in [2.05, 4.69) is 29.1 Å². The molecular weight excluding hydrogens is 204 g/mol. The zero-order chi connectivity index (χ0) is 11.8. The van der Waals surface area contributed by atoms with Crippen LogP contribution >= 0.6 is 0 Å². The van der Waals surface area contributed by atoms with E-state index < -0.39 is 5.97 Å². The summed E-state index contributed by atoms with van der Waals surface area (Å²) in [6.45, 7) is 4.76. The maximum Gasteiger partial charge on any atom is 0.303 e. The van der Waals surface area contributed by atoms with Crippen LogP contribution in [0.2, 0.25) is 0 Å². The number of hydrogen-bond donors (Lipinski definition) is 2. The number of nitrogens with one attached hydrogen (secondary N) is 1. The molecule has 0 amide bonds. The number of carboxylic acids is 1. The lowest BCUT2D eigenvalue weighted by Gasteiger charge is -2.08. The second-order valence-electron chi connectivity index (χ2n) is 3.87. The molecule has 0 aliphatic heterocycles. The number of aliphatic carboxylic acids is 1. The predicted molar refractivity (Wildman–Crippen MR) is 63.3 cm³/mol. The molecule has 4 nitrogen and oxygen atoms in total. The molecule has 0 unspecified atom stereocenters. The smallest absolute Gasteiger partial charge is 0.303 e. The van der Waals surface area contributed by atoms with Crippen molar-refractivity contribution in [2.75, 3.05) is 6.54 Å². The van der Waals surface area contributed by atoms with Crippen LogP contribution in [0.4, 0.5) is 0 Å². The molecule has 0 aromatic carbocycles. The topological polar surface area (TPSA) is 54.3 Å². The van der Waals surface area contributed by atoms with E-state index in [1.54, 1.807) is 0 Å². The Balaban J connectivity index is 2.21. The van der Waals surface area contributed by atoms with Gasteiger partial charge in [0.1, 0.15) is 0 Å². The van der Waals surface area contributed by atoms with Gasteiger partial charge in [0.05, 0.1) is 0 Å². The van der Waals surface area contributed by atoms with Crippen LogP contribution in [0, 0.1) is 0 Å². The van der Waals surface area contributed by atoms with Gasteiger partial charge in [-0.15, -0.1) is 0 Å². The minimum Gasteiger partial charge on any atom is -0.481 e. The van der Waals surface area contributed by atoms with Gasteiger partial charge in [-0.1, -0.05) is 6.92 Å². The third kappa shape index (κ3) is 4.49. The van der Waals surface area contributed by atoms with Crippen molar-refractivity contribution in [1.29, 1.82) is 0 Å². The average Bonchev–Trinajstić information content (AvgIpc) is 2.65. The normalized spacial score (nSPS) is 10.6. The van der Waals surface area contributed by atoms with Crippen LogP contribution in [0.3, 0.4) is 0 Å². The van der Waals surface area contributed by atoms with Crippen LogP contribution in [0.1, 0.15) is 31.9 Å². The highest BCUT2D eigenvalue weighted by Crippen LogP contribution is 2.03. The van der Waals surface area contributed by atoms with Gasteiger partial charge in [0.15, 0.2) is 0 Å². The minimum atomic E-state index is -0.726. The number of nitrogens with zero attached hydrogens (tertiary/aromatic N) is 1. The molecule has 4 heteroatoms. The van der Waals surface area contributed by atoms with Gasteiger partial charge in [-0.25, -0.2) is 0 Å². The van der Waals surface area contributed by atoms with E-state index in [1.807, 2.05) is 6.07 Å². The SMILES string of the molecule is CCCn1cccc1CNCCCC(=O)O. The van der Waals surface area contributed by atoms with E-state index in [4.69, 9.17) is 5.11 Å². The van der Waals surface area contributed by atoms with Crippen molar-refractivity contribution in [2.24, 2.45) is 0 Å². The van der Waals surface area contributed by atoms with Gasteiger partial charge >= 0.3 is 5.97 Å². The molecule has 90 valence electrons. The highest BCUT2D eigenvalue weighted by atomic mass is 16.4. The maximum atomic E-state index is 10.3. The molecule has 0 atom stereocenters. The molecule has 1 rings (SSSR count). The van der Waals surface area contributed by atoms with E-state index in [0.29, 0.717) is 6.42 Å². The van der Waals surface area contributed by atoms with Gasteiger partial charge in [0.2, 0.25) is 0 Å². The Hall–Kier alpha value is -1.29. The van der Waals surface area contributed by atoms with E-state index in [-0.39, 0.29) is 6.42 Å². The Morgan fingerprint density at radius 1 is 1.56 bits per heavy atom. The second kappa shape index (κ2) is 7.06. The summed E-state index contributed by atoms with van der Waals surface area (Å²) < 4.78 is 2.23. The molecule has 0 saturated heterocycles. The summed E-state index contributed by atoms with van der Waals surface area (Å²) in [6, 6.07) is 4.14. The van der Waals surface area contributed by atoms with Crippen molar-refractivity contribution in [2.45, 2.75) is 39.3 Å². The van der Waals surface area contributed by atoms with Gasteiger partial charge in [-0.3, -0.25) is 4.79 Å². The van der Waals surface area contributed by atoms with Gasteiger partial charge < -0.3 is 15.0 Å². The molecule has 0 radical (unpaired) electrons. The van der Waals surface area contributed by atoms with Crippen molar-refractivity contribution in [1.82, 2.24) is 9.88 Å². The standard InChI is InChI=1S/C12H20N2O2/c1-2-8-14-9-4-5-11(14)10-13-7-3-6-12(15)16/h4-5,9,13H,2-3,6-8,10H2,1H3,(H,15,16). The summed E-state index contributed by atoms with van der Waals surface area (Å²) >= 11 is 0. The average molecular weight is 224 g/mol. The van der Waals surface area contributed by atoms with Gasteiger partial charge in [0.25, 0.3) is 0 Å². The second-order valence-corrected chi connectivity index (χ2v) is 3.87. The molecule has 0 saturated carbocycles. The van der Waals surface area contributed by atoms with E-state index in [1.165, 1.54) is 5.69 Å². The lowest BCUT2D eigenvalue weighted by atomic mass is 10.3. The van der Waals surface area contributed by atoms with Crippen molar-refractivity contribution in [3.05, 3.63) is 24.0 Å². The lowest BCUT2D eigenvalue weighted by molar-refractivity contribution is -0.137. The van der Waals surface area contributed by atoms with Gasteiger partial charge in [0, 0.05) is 31.4 Å². The van der Waals surface area contributed by atoms with Gasteiger partial charge in [-0.05, 0) is 31.5 Å². The number of rotatable bonds is 8. The molecule has 0 aliphatic carbocycles. The Bertz CT molecular complexity index is 321. The highest BCUT2D eigenvalue weighted by molar-refractivity contribution is 5.66. The molecule has 1 heterocycles. The number of carboxylic acid groups (broad SMARTS) is 1. The monoisotopic (exact) mass is 224 g/mol. The summed E-state index contributed by atoms with van der Waals surface area (Å²) in [5.74, 6) is -0.726. The third-order valence-electron chi connectivity index (χ3n) is 2.44. The lowest BCUT2D eigenvalue weighted by Crippen LogP contribution is -2.18. The highest BCUT2D eigenvalue weighted by Gasteiger charge is 2.00. The molecular formula is C12H20N2O2. The fraction of sp³-hybridized carbons (Fsp3) is 0.583. The molecule has 0 fully saturated rings. The predicted octanol–water partition coefficient (Wildman–Crippen LogP) is 1.85. The van der Waals surface area contributed by atoms with Crippen LogP contribution in [-0.4, -0.2) is 22.2 Å². The summed E-state index contributed by atoms with van der Waals surface area (Å²) in [5, 5.41) is 11.7. The Kier molecular flexibility index (Phi) is 5.64. The molecule has 1 aromatic heterocycles. The van der Waals surface area contributed by atoms with E-state index >= 15 is 0 Å². The molecule has 2 N–H and O–H groups in total. The molecule has 16 heavy (non-hydrogen) atoms. The molecule has 0 aliphatic rings. The summed E-state index contributed by atoms with van der Waals surface area (Å²) in [7, 11) is 0. The summed E-state index contributed by atoms with van der Waals surface area (Å²) in [4.78, 5) is 10.3. The zero-order valence-corrected chi connectivity index (χ0v) is 9.78. The molecule has 1 aromatic rings. The van der Waals surface area contributed by atoms with Crippen molar-refractivity contribution >= 4 is 5.97 Å². The number of aromatic nitrogens is 1. The number of carbonyl (C=O) groups is 1. The largest absolute Gasteiger partial charge is 0.481 e. The van der Waals surface area contributed by atoms with Gasteiger partial charge in [-0.2, -0.15) is 0 Å². The first kappa shape index (κ1) is 12.8. The van der Waals surface area contributed by atoms with E-state index in [0.717, 1.165) is 26.1 Å². The fourth-order valence-corrected chi connectivity index (χ4v) is 1.65. The number of aryl methyl sites for hydroxylation is 1. The van der Waals surface area contributed by atoms with Crippen LogP contribution in [0.5, 0.6) is 0 Å². The molecule has 0 bridgehead atoms. The number of hydrogen-bond acceptors (Lipinski definition) is 2. The van der Waals surface area contributed by atoms with Crippen LogP contribution in [0.15, 0.2) is 18.3 Å². The minimum absolute atomic E-state index is 0.239. The first-order valence-corrected chi connectivity index (χ1v) is 5.80. The van der Waals surface area contributed by atoms with E-state index in [9.17, 15) is 4.79 Å². The maximum absolute atomic E-state index is 10.3. The van der Waals surface area contributed by atoms with Crippen molar-refractivity contribution in [3.8, 4) is 0 Å². The van der Waals surface area contributed by atoms with Crippen LogP contribution in [-0.2, 0) is 17.9 Å².